The van der Waals surface area contributed by atoms with Gasteiger partial charge in [-0.2, -0.15) is 0 Å². The zero-order valence-corrected chi connectivity index (χ0v) is 31.5. The highest BCUT2D eigenvalue weighted by molar-refractivity contribution is 7.92. The van der Waals surface area contributed by atoms with Crippen LogP contribution in [0.4, 0.5) is 10.1 Å². The molecule has 2 aromatic rings. The molecule has 1 N–H and O–H groups in total. The minimum absolute atomic E-state index is 0.0619. The lowest BCUT2D eigenvalue weighted by Crippen LogP contribution is -2.49. The summed E-state index contributed by atoms with van der Waals surface area (Å²) in [5, 5.41) is 0.726. The molecule has 13 heteroatoms. The lowest BCUT2D eigenvalue weighted by Gasteiger charge is -2.46. The number of hydrogen-bond donors (Lipinski definition) is 1. The quantitative estimate of drug-likeness (QED) is 0.357. The van der Waals surface area contributed by atoms with Crippen molar-refractivity contribution in [1.29, 1.82) is 0 Å². The Kier molecular flexibility index (Phi) is 11.3. The SMILES string of the molecule is CO[C@H]1/C=C\C[C@H](C)CS(=O)(NC(=O)CO[C@H]2CCOC[C@H]2F)=NC(=O)c2ccc3c(c2)N(C[C@@H]2CC[C@H]21)C[C@@]1(CCCc2cc(Cl)ccc21)CO3. The number of hydrogen-bond acceptors (Lipinski definition) is 8. The van der Waals surface area contributed by atoms with Gasteiger partial charge in [-0.1, -0.05) is 36.7 Å². The molecular weight excluding hydrogens is 709 g/mol. The molecule has 10 nitrogen and oxygen atoms in total. The van der Waals surface area contributed by atoms with Gasteiger partial charge in [-0.25, -0.2) is 8.60 Å². The molecule has 1 spiro atoms. The molecule has 1 unspecified atom stereocenters. The molecule has 1 saturated carbocycles. The number of aryl methyl sites for hydroxylation is 1. The van der Waals surface area contributed by atoms with Crippen LogP contribution in [-0.4, -0.2) is 86.8 Å². The van der Waals surface area contributed by atoms with Gasteiger partial charge in [0, 0.05) is 42.8 Å². The summed E-state index contributed by atoms with van der Waals surface area (Å²) in [4.78, 5) is 29.4. The summed E-state index contributed by atoms with van der Waals surface area (Å²) in [6.07, 6.45) is 7.78. The second kappa shape index (κ2) is 15.8. The van der Waals surface area contributed by atoms with Gasteiger partial charge in [0.05, 0.1) is 36.9 Å². The summed E-state index contributed by atoms with van der Waals surface area (Å²) in [6.45, 7) is 3.55. The first kappa shape index (κ1) is 37.3. The Balaban J connectivity index is 1.23. The van der Waals surface area contributed by atoms with Gasteiger partial charge in [0.2, 0.25) is 0 Å². The zero-order valence-electron chi connectivity index (χ0n) is 29.9. The minimum Gasteiger partial charge on any atom is -0.490 e. The monoisotopic (exact) mass is 757 g/mol. The first-order valence-corrected chi connectivity index (χ1v) is 20.5. The van der Waals surface area contributed by atoms with Crippen molar-refractivity contribution >= 4 is 39.0 Å². The molecule has 1 saturated heterocycles. The van der Waals surface area contributed by atoms with Crippen LogP contribution < -0.4 is 14.4 Å². The van der Waals surface area contributed by atoms with E-state index in [4.69, 9.17) is 30.5 Å². The summed E-state index contributed by atoms with van der Waals surface area (Å²) in [5.41, 5.74) is 3.26. The lowest BCUT2D eigenvalue weighted by atomic mass is 9.68. The minimum atomic E-state index is -3.60. The van der Waals surface area contributed by atoms with Gasteiger partial charge < -0.3 is 23.8 Å². The molecule has 2 bridgehead atoms. The van der Waals surface area contributed by atoms with E-state index in [1.165, 1.54) is 11.1 Å². The molecule has 2 amide bonds. The van der Waals surface area contributed by atoms with E-state index < -0.39 is 40.6 Å². The fourth-order valence-corrected chi connectivity index (χ4v) is 10.7. The first-order chi connectivity index (χ1) is 25.0. The number of benzene rings is 2. The molecule has 8 atom stereocenters. The van der Waals surface area contributed by atoms with E-state index in [-0.39, 0.29) is 35.4 Å². The molecule has 3 heterocycles. The van der Waals surface area contributed by atoms with Gasteiger partial charge >= 0.3 is 0 Å². The largest absolute Gasteiger partial charge is 0.490 e. The van der Waals surface area contributed by atoms with Crippen LogP contribution in [0, 0.1) is 17.8 Å². The number of carbonyl (C=O) groups excluding carboxylic acids is 2. The number of anilines is 1. The second-order valence-corrected chi connectivity index (χ2v) is 17.7. The van der Waals surface area contributed by atoms with Crippen LogP contribution in [0.2, 0.25) is 5.02 Å². The van der Waals surface area contributed by atoms with Crippen LogP contribution >= 0.6 is 11.6 Å². The molecule has 0 radical (unpaired) electrons. The van der Waals surface area contributed by atoms with E-state index in [1.807, 2.05) is 19.1 Å². The average molecular weight is 758 g/mol. The van der Waals surface area contributed by atoms with Gasteiger partial charge in [-0.05, 0) is 104 Å². The van der Waals surface area contributed by atoms with Crippen molar-refractivity contribution in [2.75, 3.05) is 57.3 Å². The zero-order chi connectivity index (χ0) is 36.5. The van der Waals surface area contributed by atoms with Gasteiger partial charge in [0.1, 0.15) is 28.4 Å². The Morgan fingerprint density at radius 3 is 2.87 bits per heavy atom. The predicted octanol–water partition coefficient (Wildman–Crippen LogP) is 6.23. The van der Waals surface area contributed by atoms with Crippen LogP contribution in [0.5, 0.6) is 5.75 Å². The smallest absolute Gasteiger partial charge is 0.286 e. The summed E-state index contributed by atoms with van der Waals surface area (Å²) in [5.74, 6) is -0.334. The topological polar surface area (TPSA) is 116 Å². The van der Waals surface area contributed by atoms with Crippen molar-refractivity contribution < 1.29 is 37.1 Å². The fourth-order valence-electron chi connectivity index (χ4n) is 8.63. The summed E-state index contributed by atoms with van der Waals surface area (Å²) < 4.78 is 58.7. The Labute approximate surface area is 311 Å². The number of allylic oxidation sites excluding steroid dienone is 1. The Hall–Kier alpha value is -3.03. The summed E-state index contributed by atoms with van der Waals surface area (Å²) in [6, 6.07) is 11.4. The van der Waals surface area contributed by atoms with E-state index in [9.17, 15) is 18.2 Å². The highest BCUT2D eigenvalue weighted by Crippen LogP contribution is 2.47. The summed E-state index contributed by atoms with van der Waals surface area (Å²) in [7, 11) is -1.86. The van der Waals surface area contributed by atoms with Crippen LogP contribution in [0.15, 0.2) is 52.9 Å². The number of nitrogens with zero attached hydrogens (tertiary/aromatic N) is 2. The van der Waals surface area contributed by atoms with Crippen molar-refractivity contribution in [3.8, 4) is 5.75 Å². The Morgan fingerprint density at radius 1 is 1.21 bits per heavy atom. The highest BCUT2D eigenvalue weighted by Gasteiger charge is 2.44. The third-order valence-corrected chi connectivity index (χ3v) is 13.7. The standard InChI is InChI=1S/C39H49ClFN3O7S/c1-25-5-3-7-34(48-2)30-11-8-28(30)19-44-23-39(15-4-6-26-17-29(40)10-12-31(26)39)24-51-36-13-9-27(18-33(36)44)38(46)43-52(47,22-25)42-37(45)21-50-35-14-16-49-20-32(35)41/h3,7,9-10,12-13,17-18,25,28,30,32,34-35H,4-6,8,11,14-16,19-24H2,1-2H3,(H,42,43,45,46,47)/b7-3-/t25-,28-,30+,32+,34-,35-,39-,52?/m0/s1. The third-order valence-electron chi connectivity index (χ3n) is 11.4. The number of methoxy groups -OCH3 is 1. The van der Waals surface area contributed by atoms with Crippen molar-refractivity contribution in [2.24, 2.45) is 22.1 Å². The number of amides is 2. The van der Waals surface area contributed by atoms with Crippen LogP contribution in [0.3, 0.4) is 0 Å². The predicted molar refractivity (Wildman–Crippen MR) is 198 cm³/mol. The maximum atomic E-state index is 14.4. The van der Waals surface area contributed by atoms with Crippen LogP contribution in [0.1, 0.15) is 66.9 Å². The average Bonchev–Trinajstić information content (AvgIpc) is 3.25. The number of ether oxygens (including phenoxy) is 4. The molecule has 2 fully saturated rings. The Morgan fingerprint density at radius 2 is 2.08 bits per heavy atom. The maximum Gasteiger partial charge on any atom is 0.286 e. The fraction of sp³-hybridized carbons (Fsp3) is 0.590. The van der Waals surface area contributed by atoms with Crippen molar-refractivity contribution in [2.45, 2.75) is 75.7 Å². The molecule has 2 aromatic carbocycles. The first-order valence-electron chi connectivity index (χ1n) is 18.5. The molecule has 282 valence electrons. The van der Waals surface area contributed by atoms with Crippen molar-refractivity contribution in [3.05, 3.63) is 70.3 Å². The number of alkyl halides is 1. The van der Waals surface area contributed by atoms with Crippen LogP contribution in [-0.2, 0) is 40.8 Å². The molecule has 7 rings (SSSR count). The van der Waals surface area contributed by atoms with Gasteiger partial charge in [0.25, 0.3) is 11.8 Å². The van der Waals surface area contributed by atoms with E-state index in [1.54, 1.807) is 25.3 Å². The second-order valence-electron chi connectivity index (χ2n) is 15.2. The molecule has 52 heavy (non-hydrogen) atoms. The third kappa shape index (κ3) is 8.06. The van der Waals surface area contributed by atoms with Crippen molar-refractivity contribution in [3.63, 3.8) is 0 Å². The number of halogens is 2. The summed E-state index contributed by atoms with van der Waals surface area (Å²) >= 11 is 6.45. The van der Waals surface area contributed by atoms with E-state index in [0.29, 0.717) is 50.2 Å². The lowest BCUT2D eigenvalue weighted by molar-refractivity contribution is -0.132. The maximum absolute atomic E-state index is 14.4. The number of nitrogens with one attached hydrogen (secondary N) is 1. The van der Waals surface area contributed by atoms with E-state index in [0.717, 1.165) is 49.4 Å². The molecule has 0 aromatic heterocycles. The van der Waals surface area contributed by atoms with Crippen LogP contribution in [0.25, 0.3) is 0 Å². The molecular formula is C39H49ClFN3O7S. The van der Waals surface area contributed by atoms with Gasteiger partial charge in [-0.3, -0.25) is 14.3 Å². The Bertz CT molecular complexity index is 1820. The van der Waals surface area contributed by atoms with Gasteiger partial charge in [0.15, 0.2) is 0 Å². The number of carbonyl (C=O) groups is 2. The molecule has 2 aliphatic carbocycles. The number of fused-ring (bicyclic) bond motifs is 4. The van der Waals surface area contributed by atoms with Crippen molar-refractivity contribution in [1.82, 2.24) is 4.72 Å². The van der Waals surface area contributed by atoms with Gasteiger partial charge in [-0.15, -0.1) is 4.36 Å². The normalized spacial score (nSPS) is 34.1. The van der Waals surface area contributed by atoms with E-state index in [2.05, 4.69) is 32.2 Å². The number of rotatable bonds is 5. The molecule has 5 aliphatic rings. The van der Waals surface area contributed by atoms with E-state index >= 15 is 0 Å². The highest BCUT2D eigenvalue weighted by atomic mass is 35.5. The molecule has 3 aliphatic heterocycles.